The van der Waals surface area contributed by atoms with Crippen LogP contribution >= 0.6 is 7.60 Å². The fraction of sp³-hybridized carbons (Fsp3) is 0.615. The van der Waals surface area contributed by atoms with Gasteiger partial charge in [-0.1, -0.05) is 0 Å². The minimum Gasteiger partial charge on any atom is -0.462 e. The first kappa shape index (κ1) is 17.9. The summed E-state index contributed by atoms with van der Waals surface area (Å²) in [4.78, 5) is 11.7. The molecule has 0 aliphatic carbocycles. The average Bonchev–Trinajstić information content (AvgIpc) is 2.80. The topological polar surface area (TPSA) is 95.2 Å². The molecule has 0 fully saturated rings. The monoisotopic (exact) mass is 320 g/mol. The number of furan rings is 1. The number of esters is 1. The van der Waals surface area contributed by atoms with Crippen LogP contribution in [0.3, 0.4) is 0 Å². The molecule has 0 aliphatic heterocycles. The summed E-state index contributed by atoms with van der Waals surface area (Å²) in [7, 11) is -3.77. The van der Waals surface area contributed by atoms with E-state index >= 15 is 0 Å². The molecule has 0 spiro atoms. The molecule has 1 aromatic rings. The standard InChI is InChI=1S/C13H21O7P/c1-5-17-12(14)10-8-11(20-9(10)4)13(15)21(16,18-6-2)19-7-3/h8,13,15H,5-7H2,1-4H3. The number of carbonyl (C=O) groups is 1. The van der Waals surface area contributed by atoms with Gasteiger partial charge in [0.2, 0.25) is 5.85 Å². The van der Waals surface area contributed by atoms with Gasteiger partial charge in [0, 0.05) is 0 Å². The van der Waals surface area contributed by atoms with E-state index in [2.05, 4.69) is 0 Å². The maximum atomic E-state index is 12.5. The molecule has 21 heavy (non-hydrogen) atoms. The molecule has 0 aliphatic rings. The number of aliphatic hydroxyl groups excluding tert-OH is 1. The van der Waals surface area contributed by atoms with E-state index in [0.29, 0.717) is 0 Å². The van der Waals surface area contributed by atoms with Crippen LogP contribution in [0, 0.1) is 6.92 Å². The fourth-order valence-corrected chi connectivity index (χ4v) is 3.25. The molecule has 120 valence electrons. The van der Waals surface area contributed by atoms with Gasteiger partial charge in [0.1, 0.15) is 17.1 Å². The van der Waals surface area contributed by atoms with E-state index in [0.717, 1.165) is 0 Å². The molecule has 0 amide bonds. The van der Waals surface area contributed by atoms with E-state index in [4.69, 9.17) is 18.2 Å². The van der Waals surface area contributed by atoms with Crippen LogP contribution in [0.5, 0.6) is 0 Å². The lowest BCUT2D eigenvalue weighted by molar-refractivity contribution is 0.0524. The predicted molar refractivity (Wildman–Crippen MR) is 75.2 cm³/mol. The molecular formula is C13H21O7P. The lowest BCUT2D eigenvalue weighted by Crippen LogP contribution is -2.06. The molecule has 1 heterocycles. The molecular weight excluding hydrogens is 299 g/mol. The number of hydrogen-bond acceptors (Lipinski definition) is 7. The van der Waals surface area contributed by atoms with Crippen molar-refractivity contribution in [3.05, 3.63) is 23.2 Å². The van der Waals surface area contributed by atoms with Crippen LogP contribution in [0.4, 0.5) is 0 Å². The Labute approximate surface area is 123 Å². The van der Waals surface area contributed by atoms with Crippen LogP contribution in [-0.4, -0.2) is 30.9 Å². The van der Waals surface area contributed by atoms with Gasteiger partial charge >= 0.3 is 13.6 Å². The van der Waals surface area contributed by atoms with Crippen LogP contribution in [0.1, 0.15) is 48.5 Å². The zero-order valence-corrected chi connectivity index (χ0v) is 13.5. The van der Waals surface area contributed by atoms with Crippen molar-refractivity contribution in [2.75, 3.05) is 19.8 Å². The molecule has 1 N–H and O–H groups in total. The largest absolute Gasteiger partial charge is 0.462 e. The van der Waals surface area contributed by atoms with Gasteiger partial charge in [-0.2, -0.15) is 0 Å². The van der Waals surface area contributed by atoms with E-state index in [-0.39, 0.29) is 36.9 Å². The Morgan fingerprint density at radius 2 is 1.86 bits per heavy atom. The summed E-state index contributed by atoms with van der Waals surface area (Å²) < 4.78 is 32.7. The highest BCUT2D eigenvalue weighted by atomic mass is 31.2. The van der Waals surface area contributed by atoms with E-state index in [1.165, 1.54) is 6.07 Å². The lowest BCUT2D eigenvalue weighted by Gasteiger charge is -2.20. The molecule has 1 aromatic heterocycles. The number of ether oxygens (including phenoxy) is 1. The Morgan fingerprint density at radius 1 is 1.29 bits per heavy atom. The van der Waals surface area contributed by atoms with Crippen molar-refractivity contribution in [1.82, 2.24) is 0 Å². The maximum absolute atomic E-state index is 12.5. The SMILES string of the molecule is CCOC(=O)c1cc(C(O)P(=O)(OCC)OCC)oc1C. The van der Waals surface area contributed by atoms with Crippen LogP contribution in [-0.2, 0) is 18.3 Å². The molecule has 1 unspecified atom stereocenters. The summed E-state index contributed by atoms with van der Waals surface area (Å²) in [6, 6.07) is 1.29. The quantitative estimate of drug-likeness (QED) is 0.581. The smallest absolute Gasteiger partial charge is 0.366 e. The van der Waals surface area contributed by atoms with E-state index in [1.54, 1.807) is 27.7 Å². The zero-order chi connectivity index (χ0) is 16.0. The van der Waals surface area contributed by atoms with Crippen molar-refractivity contribution in [3.63, 3.8) is 0 Å². The normalized spacial score (nSPS) is 13.2. The number of aryl methyl sites for hydroxylation is 1. The van der Waals surface area contributed by atoms with Gasteiger partial charge in [0.05, 0.1) is 19.8 Å². The third-order valence-electron chi connectivity index (χ3n) is 2.60. The van der Waals surface area contributed by atoms with Gasteiger partial charge in [-0.05, 0) is 33.8 Å². The first-order valence-electron chi connectivity index (χ1n) is 6.73. The van der Waals surface area contributed by atoms with E-state index in [1.807, 2.05) is 0 Å². The summed E-state index contributed by atoms with van der Waals surface area (Å²) >= 11 is 0. The highest BCUT2D eigenvalue weighted by Gasteiger charge is 2.38. The van der Waals surface area contributed by atoms with Gasteiger partial charge < -0.3 is 23.3 Å². The second-order valence-corrected chi connectivity index (χ2v) is 6.17. The Bertz CT molecular complexity index is 513. The number of aliphatic hydroxyl groups is 1. The van der Waals surface area contributed by atoms with Gasteiger partial charge in [-0.15, -0.1) is 0 Å². The molecule has 0 aromatic carbocycles. The number of rotatable bonds is 8. The lowest BCUT2D eigenvalue weighted by atomic mass is 10.2. The van der Waals surface area contributed by atoms with Gasteiger partial charge in [0.15, 0.2) is 0 Å². The van der Waals surface area contributed by atoms with Crippen molar-refractivity contribution < 1.29 is 32.7 Å². The first-order valence-corrected chi connectivity index (χ1v) is 8.35. The minimum atomic E-state index is -3.77. The summed E-state index contributed by atoms with van der Waals surface area (Å²) in [5.74, 6) is -1.96. The molecule has 0 radical (unpaired) electrons. The third-order valence-corrected chi connectivity index (χ3v) is 4.69. The Kier molecular flexibility index (Phi) is 6.61. The molecule has 0 bridgehead atoms. The van der Waals surface area contributed by atoms with Crippen molar-refractivity contribution in [3.8, 4) is 0 Å². The Morgan fingerprint density at radius 3 is 2.33 bits per heavy atom. The van der Waals surface area contributed by atoms with Crippen LogP contribution < -0.4 is 0 Å². The van der Waals surface area contributed by atoms with Gasteiger partial charge in [-0.25, -0.2) is 4.79 Å². The van der Waals surface area contributed by atoms with Gasteiger partial charge in [-0.3, -0.25) is 4.57 Å². The van der Waals surface area contributed by atoms with E-state index in [9.17, 15) is 14.5 Å². The second kappa shape index (κ2) is 7.75. The average molecular weight is 320 g/mol. The van der Waals surface area contributed by atoms with Crippen molar-refractivity contribution in [2.45, 2.75) is 33.5 Å². The van der Waals surface area contributed by atoms with Gasteiger partial charge in [0.25, 0.3) is 0 Å². The summed E-state index contributed by atoms with van der Waals surface area (Å²) in [5, 5.41) is 10.2. The number of carbonyl (C=O) groups excluding carboxylic acids is 1. The molecule has 7 nitrogen and oxygen atoms in total. The zero-order valence-electron chi connectivity index (χ0n) is 12.6. The highest BCUT2D eigenvalue weighted by molar-refractivity contribution is 7.54. The summed E-state index contributed by atoms with van der Waals surface area (Å²) in [6.45, 7) is 6.94. The third kappa shape index (κ3) is 4.17. The predicted octanol–water partition coefficient (Wildman–Crippen LogP) is 3.02. The number of hydrogen-bond donors (Lipinski definition) is 1. The Balaban J connectivity index is 3.07. The molecule has 0 saturated heterocycles. The first-order chi connectivity index (χ1) is 9.89. The Hall–Kier alpha value is -1.14. The van der Waals surface area contributed by atoms with Crippen molar-refractivity contribution >= 4 is 13.6 Å². The van der Waals surface area contributed by atoms with Crippen molar-refractivity contribution in [2.24, 2.45) is 0 Å². The summed E-state index contributed by atoms with van der Waals surface area (Å²) in [5.41, 5.74) is 0.172. The van der Waals surface area contributed by atoms with Crippen LogP contribution in [0.2, 0.25) is 0 Å². The maximum Gasteiger partial charge on any atom is 0.366 e. The van der Waals surface area contributed by atoms with E-state index < -0.39 is 19.4 Å². The molecule has 0 saturated carbocycles. The molecule has 1 rings (SSSR count). The fourth-order valence-electron chi connectivity index (χ4n) is 1.74. The minimum absolute atomic E-state index is 0.0548. The van der Waals surface area contributed by atoms with Crippen molar-refractivity contribution in [1.29, 1.82) is 0 Å². The second-order valence-electron chi connectivity index (χ2n) is 4.09. The molecule has 1 atom stereocenters. The molecule has 8 heteroatoms. The van der Waals surface area contributed by atoms with Crippen LogP contribution in [0.25, 0.3) is 0 Å². The van der Waals surface area contributed by atoms with Crippen LogP contribution in [0.15, 0.2) is 10.5 Å². The highest BCUT2D eigenvalue weighted by Crippen LogP contribution is 2.59. The summed E-state index contributed by atoms with van der Waals surface area (Å²) in [6.07, 6.45) is 0.